The first-order valence-corrected chi connectivity index (χ1v) is 7.78. The van der Waals surface area contributed by atoms with Crippen LogP contribution < -0.4 is 0 Å². The van der Waals surface area contributed by atoms with Crippen molar-refractivity contribution in [3.63, 3.8) is 0 Å². The highest BCUT2D eigenvalue weighted by atomic mass is 79.9. The average Bonchev–Trinajstić information content (AvgIpc) is 2.29. The summed E-state index contributed by atoms with van der Waals surface area (Å²) in [4.78, 5) is 4.47. The molecule has 1 heterocycles. The van der Waals surface area contributed by atoms with Crippen LogP contribution in [0.5, 0.6) is 0 Å². The summed E-state index contributed by atoms with van der Waals surface area (Å²) in [6.45, 7) is 5.97. The summed E-state index contributed by atoms with van der Waals surface area (Å²) in [5, 5.41) is 10.7. The lowest BCUT2D eigenvalue weighted by molar-refractivity contribution is 0.0676. The Morgan fingerprint density at radius 2 is 1.94 bits per heavy atom. The Labute approximate surface area is 116 Å². The highest BCUT2D eigenvalue weighted by Crippen LogP contribution is 2.35. The third-order valence-corrected chi connectivity index (χ3v) is 4.48. The quantitative estimate of drug-likeness (QED) is 0.800. The minimum atomic E-state index is -0.735. The van der Waals surface area contributed by atoms with E-state index in [0.29, 0.717) is 0 Å². The van der Waals surface area contributed by atoms with Crippen LogP contribution in [-0.4, -0.2) is 28.4 Å². The van der Waals surface area contributed by atoms with Gasteiger partial charge in [-0.15, -0.1) is 0 Å². The zero-order valence-electron chi connectivity index (χ0n) is 10.7. The standard InChI is InChI=1S/C13H20BrNOS/c1-4-11(14)9-15-12(10(2)3)13(16)5-7-17-8-6-13/h4,9,16H,5-8H2,1-3H3/b11-4+,15-9?. The Morgan fingerprint density at radius 1 is 1.35 bits per heavy atom. The molecule has 2 nitrogen and oxygen atoms in total. The van der Waals surface area contributed by atoms with Gasteiger partial charge in [0.05, 0.1) is 5.70 Å². The van der Waals surface area contributed by atoms with E-state index in [1.165, 1.54) is 0 Å². The number of allylic oxidation sites excluding steroid dienone is 3. The van der Waals surface area contributed by atoms with E-state index in [-0.39, 0.29) is 0 Å². The van der Waals surface area contributed by atoms with Crippen LogP contribution in [0.1, 0.15) is 33.6 Å². The van der Waals surface area contributed by atoms with Gasteiger partial charge in [-0.2, -0.15) is 11.8 Å². The number of rotatable bonds is 3. The second-order valence-electron chi connectivity index (χ2n) is 4.42. The molecule has 0 atom stereocenters. The number of halogens is 1. The van der Waals surface area contributed by atoms with Crippen LogP contribution in [0.3, 0.4) is 0 Å². The largest absolute Gasteiger partial charge is 0.383 e. The zero-order chi connectivity index (χ0) is 12.9. The van der Waals surface area contributed by atoms with Gasteiger partial charge in [-0.1, -0.05) is 11.6 Å². The van der Waals surface area contributed by atoms with Crippen LogP contribution in [-0.2, 0) is 0 Å². The first kappa shape index (κ1) is 15.0. The van der Waals surface area contributed by atoms with Crippen molar-refractivity contribution >= 4 is 33.9 Å². The van der Waals surface area contributed by atoms with Crippen LogP contribution in [0.25, 0.3) is 0 Å². The SMILES string of the molecule is C/C=C(/Br)C=NC(=C(C)C)C1(O)CCSCC1. The molecule has 0 aliphatic carbocycles. The Morgan fingerprint density at radius 3 is 2.41 bits per heavy atom. The maximum Gasteiger partial charge on any atom is 0.108 e. The third kappa shape index (κ3) is 4.27. The third-order valence-electron chi connectivity index (χ3n) is 2.83. The molecule has 1 saturated heterocycles. The molecular formula is C13H20BrNOS. The molecule has 17 heavy (non-hydrogen) atoms. The van der Waals surface area contributed by atoms with Gasteiger partial charge >= 0.3 is 0 Å². The van der Waals surface area contributed by atoms with E-state index < -0.39 is 5.60 Å². The normalized spacial score (nSPS) is 20.6. The first-order valence-electron chi connectivity index (χ1n) is 5.83. The van der Waals surface area contributed by atoms with Crippen LogP contribution in [0.2, 0.25) is 0 Å². The lowest BCUT2D eigenvalue weighted by atomic mass is 9.90. The molecular weight excluding hydrogens is 298 g/mol. The molecule has 0 bridgehead atoms. The predicted molar refractivity (Wildman–Crippen MR) is 81.1 cm³/mol. The number of hydrogen-bond donors (Lipinski definition) is 1. The summed E-state index contributed by atoms with van der Waals surface area (Å²) in [5.41, 5.74) is 1.19. The Bertz CT molecular complexity index is 350. The van der Waals surface area contributed by atoms with Gasteiger partial charge in [0.15, 0.2) is 0 Å². The molecule has 0 aromatic heterocycles. The van der Waals surface area contributed by atoms with Crippen molar-refractivity contribution in [1.29, 1.82) is 0 Å². The molecule has 0 aromatic rings. The van der Waals surface area contributed by atoms with Crippen LogP contribution in [0, 0.1) is 0 Å². The molecule has 1 rings (SSSR count). The number of aliphatic hydroxyl groups is 1. The van der Waals surface area contributed by atoms with Crippen molar-refractivity contribution in [2.75, 3.05) is 11.5 Å². The fraction of sp³-hybridized carbons (Fsp3) is 0.615. The summed E-state index contributed by atoms with van der Waals surface area (Å²) < 4.78 is 0.935. The lowest BCUT2D eigenvalue weighted by Gasteiger charge is -2.33. The van der Waals surface area contributed by atoms with Crippen molar-refractivity contribution in [3.05, 3.63) is 21.8 Å². The monoisotopic (exact) mass is 317 g/mol. The van der Waals surface area contributed by atoms with Gasteiger partial charge in [0.1, 0.15) is 5.60 Å². The van der Waals surface area contributed by atoms with Gasteiger partial charge in [-0.05, 0) is 61.0 Å². The van der Waals surface area contributed by atoms with Crippen LogP contribution in [0.4, 0.5) is 0 Å². The lowest BCUT2D eigenvalue weighted by Crippen LogP contribution is -2.35. The van der Waals surface area contributed by atoms with Gasteiger partial charge in [0, 0.05) is 10.7 Å². The van der Waals surface area contributed by atoms with Gasteiger partial charge < -0.3 is 5.11 Å². The predicted octanol–water partition coefficient (Wildman–Crippen LogP) is 3.91. The van der Waals surface area contributed by atoms with E-state index in [4.69, 9.17) is 0 Å². The molecule has 1 aliphatic rings. The number of nitrogens with zero attached hydrogens (tertiary/aromatic N) is 1. The van der Waals surface area contributed by atoms with Crippen LogP contribution in [0.15, 0.2) is 26.8 Å². The maximum atomic E-state index is 10.7. The smallest absolute Gasteiger partial charge is 0.108 e. The minimum Gasteiger partial charge on any atom is -0.383 e. The fourth-order valence-electron chi connectivity index (χ4n) is 1.86. The molecule has 96 valence electrons. The second kappa shape index (κ2) is 6.76. The number of hydrogen-bond acceptors (Lipinski definition) is 3. The Balaban J connectivity index is 2.94. The molecule has 0 amide bonds. The molecule has 1 N–H and O–H groups in total. The van der Waals surface area contributed by atoms with Gasteiger partial charge in [-0.25, -0.2) is 0 Å². The second-order valence-corrected chi connectivity index (χ2v) is 6.56. The van der Waals surface area contributed by atoms with E-state index in [1.54, 1.807) is 6.21 Å². The first-order chi connectivity index (χ1) is 7.99. The van der Waals surface area contributed by atoms with Crippen molar-refractivity contribution < 1.29 is 5.11 Å². The van der Waals surface area contributed by atoms with E-state index in [2.05, 4.69) is 20.9 Å². The molecule has 0 radical (unpaired) electrons. The molecule has 1 aliphatic heterocycles. The summed E-state index contributed by atoms with van der Waals surface area (Å²) in [5.74, 6) is 2.02. The van der Waals surface area contributed by atoms with Crippen molar-refractivity contribution in [1.82, 2.24) is 0 Å². The van der Waals surface area contributed by atoms with Gasteiger partial charge in [0.25, 0.3) is 0 Å². The molecule has 0 aromatic carbocycles. The Kier molecular flexibility index (Phi) is 5.97. The summed E-state index contributed by atoms with van der Waals surface area (Å²) in [6.07, 6.45) is 5.29. The van der Waals surface area contributed by atoms with Crippen molar-refractivity contribution in [2.45, 2.75) is 39.2 Å². The molecule has 0 saturated carbocycles. The zero-order valence-corrected chi connectivity index (χ0v) is 13.1. The van der Waals surface area contributed by atoms with Gasteiger partial charge in [0.2, 0.25) is 0 Å². The van der Waals surface area contributed by atoms with E-state index in [9.17, 15) is 5.11 Å². The summed E-state index contributed by atoms with van der Waals surface area (Å²) in [6, 6.07) is 0. The maximum absolute atomic E-state index is 10.7. The molecule has 4 heteroatoms. The molecule has 0 spiro atoms. The van der Waals surface area contributed by atoms with E-state index in [0.717, 1.165) is 40.1 Å². The topological polar surface area (TPSA) is 32.6 Å². The van der Waals surface area contributed by atoms with E-state index in [1.807, 2.05) is 38.6 Å². The molecule has 0 unspecified atom stereocenters. The number of aliphatic imine (C=N–C) groups is 1. The highest BCUT2D eigenvalue weighted by molar-refractivity contribution is 9.12. The van der Waals surface area contributed by atoms with Gasteiger partial charge in [-0.3, -0.25) is 4.99 Å². The summed E-state index contributed by atoms with van der Waals surface area (Å²) >= 11 is 5.30. The summed E-state index contributed by atoms with van der Waals surface area (Å²) in [7, 11) is 0. The fourth-order valence-corrected chi connectivity index (χ4v) is 3.13. The highest BCUT2D eigenvalue weighted by Gasteiger charge is 2.34. The Hall–Kier alpha value is -0.0600. The van der Waals surface area contributed by atoms with E-state index >= 15 is 0 Å². The van der Waals surface area contributed by atoms with Crippen molar-refractivity contribution in [3.8, 4) is 0 Å². The minimum absolute atomic E-state index is 0.735. The molecule has 1 fully saturated rings. The van der Waals surface area contributed by atoms with Crippen molar-refractivity contribution in [2.24, 2.45) is 4.99 Å². The average molecular weight is 318 g/mol. The number of thioether (sulfide) groups is 1. The van der Waals surface area contributed by atoms with Crippen LogP contribution >= 0.6 is 27.7 Å².